The number of nitro groups is 1. The summed E-state index contributed by atoms with van der Waals surface area (Å²) < 4.78 is 5.26. The maximum absolute atomic E-state index is 12.6. The number of hydrogen-bond donors (Lipinski definition) is 1. The number of piperazine rings is 1. The van der Waals surface area contributed by atoms with Gasteiger partial charge in [0, 0.05) is 44.0 Å². The van der Waals surface area contributed by atoms with Crippen LogP contribution in [0.2, 0.25) is 0 Å². The second kappa shape index (κ2) is 8.57. The van der Waals surface area contributed by atoms with E-state index in [4.69, 9.17) is 4.42 Å². The second-order valence-electron chi connectivity index (χ2n) is 11.4. The summed E-state index contributed by atoms with van der Waals surface area (Å²) in [7, 11) is 0. The van der Waals surface area contributed by atoms with Crippen LogP contribution in [-0.4, -0.2) is 48.0 Å². The first-order valence-corrected chi connectivity index (χ1v) is 13.0. The molecule has 0 spiro atoms. The van der Waals surface area contributed by atoms with E-state index in [2.05, 4.69) is 17.1 Å². The smallest absolute Gasteiger partial charge is 0.292 e. The molecule has 1 saturated heterocycles. The summed E-state index contributed by atoms with van der Waals surface area (Å²) in [4.78, 5) is 28.2. The fraction of sp³-hybridized carbons (Fsp3) is 0.593. The molecule has 8 nitrogen and oxygen atoms in total. The van der Waals surface area contributed by atoms with Crippen LogP contribution in [0.1, 0.15) is 56.0 Å². The molecule has 1 N–H and O–H groups in total. The van der Waals surface area contributed by atoms with Gasteiger partial charge in [0.2, 0.25) is 0 Å². The van der Waals surface area contributed by atoms with Gasteiger partial charge < -0.3 is 19.5 Å². The minimum Gasteiger partial charge on any atom is -0.459 e. The van der Waals surface area contributed by atoms with Gasteiger partial charge in [0.15, 0.2) is 5.76 Å². The summed E-state index contributed by atoms with van der Waals surface area (Å²) in [6, 6.07) is 9.02. The lowest BCUT2D eigenvalue weighted by atomic mass is 9.48. The van der Waals surface area contributed by atoms with Crippen molar-refractivity contribution in [1.29, 1.82) is 0 Å². The van der Waals surface area contributed by atoms with Gasteiger partial charge in [-0.25, -0.2) is 0 Å². The summed E-state index contributed by atoms with van der Waals surface area (Å²) in [5.41, 5.74) is 1.97. The number of benzene rings is 1. The standard InChI is InChI=1S/C27H34N4O4/c1-18(27-15-19-11-20(16-27)13-21(12-19)17-27)28-23-14-22(4-5-24(23)31(33)34)29-6-8-30(9-7-29)26(32)25-3-2-10-35-25/h2-5,10,14,18-21,28H,6-9,11-13,15-17H2,1H3/t18-,19?,20?,21?,27?/m1/s1. The van der Waals surface area contributed by atoms with E-state index < -0.39 is 0 Å². The first-order chi connectivity index (χ1) is 16.9. The predicted molar refractivity (Wildman–Crippen MR) is 134 cm³/mol. The zero-order chi connectivity index (χ0) is 24.2. The zero-order valence-electron chi connectivity index (χ0n) is 20.3. The van der Waals surface area contributed by atoms with Crippen molar-refractivity contribution in [3.05, 3.63) is 52.5 Å². The van der Waals surface area contributed by atoms with Gasteiger partial charge >= 0.3 is 0 Å². The summed E-state index contributed by atoms with van der Waals surface area (Å²) in [6.07, 6.45) is 9.44. The molecule has 4 saturated carbocycles. The lowest BCUT2D eigenvalue weighted by Crippen LogP contribution is -2.53. The van der Waals surface area contributed by atoms with Crippen molar-refractivity contribution >= 4 is 23.0 Å². The molecule has 1 amide bonds. The van der Waals surface area contributed by atoms with Crippen LogP contribution in [0.4, 0.5) is 17.1 Å². The Labute approximate surface area is 205 Å². The van der Waals surface area contributed by atoms with Gasteiger partial charge in [-0.15, -0.1) is 0 Å². The number of carbonyl (C=O) groups excluding carboxylic acids is 1. The Morgan fingerprint density at radius 3 is 2.31 bits per heavy atom. The number of carbonyl (C=O) groups is 1. The van der Waals surface area contributed by atoms with E-state index in [1.165, 1.54) is 44.8 Å². The molecular formula is C27H34N4O4. The van der Waals surface area contributed by atoms with E-state index in [-0.39, 0.29) is 28.0 Å². The molecule has 5 fully saturated rings. The molecule has 186 valence electrons. The third kappa shape index (κ3) is 4.06. The zero-order valence-corrected chi connectivity index (χ0v) is 20.3. The van der Waals surface area contributed by atoms with Crippen molar-refractivity contribution in [3.8, 4) is 0 Å². The van der Waals surface area contributed by atoms with Gasteiger partial charge in [0.25, 0.3) is 11.6 Å². The predicted octanol–water partition coefficient (Wildman–Crippen LogP) is 5.17. The van der Waals surface area contributed by atoms with Crippen LogP contribution in [0.5, 0.6) is 0 Å². The van der Waals surface area contributed by atoms with Gasteiger partial charge in [-0.1, -0.05) is 0 Å². The molecule has 1 aromatic carbocycles. The molecule has 35 heavy (non-hydrogen) atoms. The molecule has 4 bridgehead atoms. The maximum Gasteiger partial charge on any atom is 0.292 e. The number of hydrogen-bond acceptors (Lipinski definition) is 6. The first kappa shape index (κ1) is 22.4. The van der Waals surface area contributed by atoms with E-state index in [1.807, 2.05) is 12.1 Å². The van der Waals surface area contributed by atoms with Crippen molar-refractivity contribution in [2.24, 2.45) is 23.2 Å². The molecule has 0 radical (unpaired) electrons. The largest absolute Gasteiger partial charge is 0.459 e. The number of anilines is 2. The number of nitrogens with zero attached hydrogens (tertiary/aromatic N) is 3. The van der Waals surface area contributed by atoms with Crippen LogP contribution in [0.15, 0.2) is 41.0 Å². The summed E-state index contributed by atoms with van der Waals surface area (Å²) >= 11 is 0. The van der Waals surface area contributed by atoms with Crippen LogP contribution >= 0.6 is 0 Å². The average molecular weight is 479 g/mol. The lowest BCUT2D eigenvalue weighted by Gasteiger charge is -2.59. The molecule has 0 unspecified atom stereocenters. The number of furan rings is 1. The first-order valence-electron chi connectivity index (χ1n) is 13.0. The van der Waals surface area contributed by atoms with Crippen molar-refractivity contribution in [1.82, 2.24) is 4.90 Å². The normalized spacial score (nSPS) is 30.4. The highest BCUT2D eigenvalue weighted by Gasteiger charge is 2.53. The molecule has 5 aliphatic rings. The van der Waals surface area contributed by atoms with E-state index in [1.54, 1.807) is 23.1 Å². The third-order valence-corrected chi connectivity index (χ3v) is 9.22. The molecule has 1 atom stereocenters. The van der Waals surface area contributed by atoms with E-state index in [0.29, 0.717) is 37.6 Å². The van der Waals surface area contributed by atoms with Gasteiger partial charge in [0.05, 0.1) is 11.2 Å². The van der Waals surface area contributed by atoms with Gasteiger partial charge in [-0.3, -0.25) is 14.9 Å². The molecule has 1 aliphatic heterocycles. The number of amides is 1. The summed E-state index contributed by atoms with van der Waals surface area (Å²) in [5, 5.41) is 15.5. The molecular weight excluding hydrogens is 444 g/mol. The van der Waals surface area contributed by atoms with Gasteiger partial charge in [-0.2, -0.15) is 0 Å². The highest BCUT2D eigenvalue weighted by molar-refractivity contribution is 5.91. The Hall–Kier alpha value is -3.03. The molecule has 2 aromatic rings. The minimum atomic E-state index is -0.279. The minimum absolute atomic E-state index is 0.0925. The molecule has 1 aromatic heterocycles. The Morgan fingerprint density at radius 1 is 1.09 bits per heavy atom. The van der Waals surface area contributed by atoms with Crippen LogP contribution in [0, 0.1) is 33.3 Å². The van der Waals surface area contributed by atoms with E-state index in [9.17, 15) is 14.9 Å². The SMILES string of the molecule is C[C@@H](Nc1cc(N2CCN(C(=O)c3ccco3)CC2)ccc1[N+](=O)[O-])C12CC3CC(CC(C3)C1)C2. The molecule has 8 heteroatoms. The van der Waals surface area contributed by atoms with Gasteiger partial charge in [-0.05, 0) is 92.9 Å². The van der Waals surface area contributed by atoms with Crippen molar-refractivity contribution < 1.29 is 14.1 Å². The molecule has 2 heterocycles. The third-order valence-electron chi connectivity index (χ3n) is 9.22. The second-order valence-corrected chi connectivity index (χ2v) is 11.4. The highest BCUT2D eigenvalue weighted by atomic mass is 16.6. The Morgan fingerprint density at radius 2 is 1.74 bits per heavy atom. The fourth-order valence-electron chi connectivity index (χ4n) is 7.81. The maximum atomic E-state index is 12.6. The molecule has 7 rings (SSSR count). The summed E-state index contributed by atoms with van der Waals surface area (Å²) in [6.45, 7) is 4.76. The van der Waals surface area contributed by atoms with E-state index in [0.717, 1.165) is 23.4 Å². The van der Waals surface area contributed by atoms with E-state index >= 15 is 0 Å². The number of nitro benzene ring substituents is 1. The number of rotatable bonds is 6. The number of nitrogens with one attached hydrogen (secondary N) is 1. The fourth-order valence-corrected chi connectivity index (χ4v) is 7.81. The van der Waals surface area contributed by atoms with Crippen molar-refractivity contribution in [2.45, 2.75) is 51.5 Å². The van der Waals surface area contributed by atoms with Gasteiger partial charge in [0.1, 0.15) is 5.69 Å². The quantitative estimate of drug-likeness (QED) is 0.455. The van der Waals surface area contributed by atoms with Crippen LogP contribution in [0.3, 0.4) is 0 Å². The summed E-state index contributed by atoms with van der Waals surface area (Å²) in [5.74, 6) is 2.79. The Kier molecular flexibility index (Phi) is 5.49. The Balaban J connectivity index is 1.18. The van der Waals surface area contributed by atoms with Crippen LogP contribution < -0.4 is 10.2 Å². The topological polar surface area (TPSA) is 91.9 Å². The highest BCUT2D eigenvalue weighted by Crippen LogP contribution is 2.61. The van der Waals surface area contributed by atoms with Crippen LogP contribution in [0.25, 0.3) is 0 Å². The molecule has 4 aliphatic carbocycles. The van der Waals surface area contributed by atoms with Crippen LogP contribution in [-0.2, 0) is 0 Å². The lowest BCUT2D eigenvalue weighted by molar-refractivity contribution is -0.384. The van der Waals surface area contributed by atoms with Crippen molar-refractivity contribution in [2.75, 3.05) is 36.4 Å². The monoisotopic (exact) mass is 478 g/mol. The van der Waals surface area contributed by atoms with Crippen molar-refractivity contribution in [3.63, 3.8) is 0 Å². The Bertz CT molecular complexity index is 1070. The average Bonchev–Trinajstić information content (AvgIpc) is 3.38.